The maximum absolute atomic E-state index is 6.48. The Morgan fingerprint density at radius 3 is 1.00 bits per heavy atom. The number of halogens is 3. The average Bonchev–Trinajstić information content (AvgIpc) is 3.03. The summed E-state index contributed by atoms with van der Waals surface area (Å²) >= 11 is 19.4. The third-order valence-corrected chi connectivity index (χ3v) is 6.79. The summed E-state index contributed by atoms with van der Waals surface area (Å²) in [5, 5.41) is 1.06. The van der Waals surface area contributed by atoms with Crippen molar-refractivity contribution in [1.82, 2.24) is 0 Å². The topological polar surface area (TPSA) is 83.1 Å². The minimum Gasteiger partial charge on any atom is -0.490 e. The molecule has 0 unspecified atom stereocenters. The van der Waals surface area contributed by atoms with Crippen molar-refractivity contribution in [2.45, 2.75) is 40.0 Å². The van der Waals surface area contributed by atoms with Crippen molar-refractivity contribution in [3.05, 3.63) is 69.7 Å². The average molecular weight is 700 g/mol. The molecule has 3 aromatic rings. The molecule has 0 fully saturated rings. The van der Waals surface area contributed by atoms with Crippen molar-refractivity contribution in [1.29, 1.82) is 0 Å². The van der Waals surface area contributed by atoms with Gasteiger partial charge in [0.1, 0.15) is 54.3 Å². The van der Waals surface area contributed by atoms with E-state index in [1.165, 1.54) is 0 Å². The molecule has 0 saturated heterocycles. The van der Waals surface area contributed by atoms with Crippen LogP contribution < -0.4 is 28.2 Å². The van der Waals surface area contributed by atoms with Crippen LogP contribution in [0.4, 0.5) is 0 Å². The Bertz CT molecular complexity index is 1150. The Morgan fingerprint density at radius 1 is 0.435 bits per heavy atom. The molecular weight excluding hydrogens is 658 g/mol. The van der Waals surface area contributed by atoms with Crippen molar-refractivity contribution in [2.24, 2.45) is 0 Å². The van der Waals surface area contributed by atoms with E-state index in [2.05, 4.69) is 0 Å². The first-order valence-electron chi connectivity index (χ1n) is 15.4. The Hall–Kier alpha value is -2.73. The molecule has 3 aromatic carbocycles. The van der Waals surface area contributed by atoms with Gasteiger partial charge < -0.3 is 42.4 Å². The predicted molar refractivity (Wildman–Crippen MR) is 182 cm³/mol. The summed E-state index contributed by atoms with van der Waals surface area (Å²) in [4.78, 5) is 0. The number of hydrogen-bond acceptors (Lipinski definition) is 9. The molecular formula is C33H42BCl3O9. The van der Waals surface area contributed by atoms with Gasteiger partial charge >= 0.3 is 7.32 Å². The summed E-state index contributed by atoms with van der Waals surface area (Å²) in [5.41, 5.74) is 0. The molecule has 9 nitrogen and oxygen atoms in total. The number of hydrogen-bond donors (Lipinski definition) is 0. The van der Waals surface area contributed by atoms with E-state index in [-0.39, 0.29) is 0 Å². The van der Waals surface area contributed by atoms with Crippen LogP contribution in [0.3, 0.4) is 0 Å². The second-order valence-electron chi connectivity index (χ2n) is 9.80. The summed E-state index contributed by atoms with van der Waals surface area (Å²) in [5.74, 6) is 2.62. The highest BCUT2D eigenvalue weighted by Gasteiger charge is 2.31. The van der Waals surface area contributed by atoms with Gasteiger partial charge in [0.25, 0.3) is 0 Å². The van der Waals surface area contributed by atoms with Crippen LogP contribution in [0.5, 0.6) is 34.5 Å². The highest BCUT2D eigenvalue weighted by molar-refractivity contribution is 6.40. The standard InChI is InChI=1S/C33H42BCl3O9/c1-4-13-38-16-19-41-31-10-7-25(22-28(31)35)44-34(45-26-8-11-32(29(36)23-26)42-20-17-39-14-5-2)46-27-9-12-33(30(37)24-27)43-21-18-40-15-6-3/h7-12,22-24H,4-6,13-21H2,1-3H3. The maximum Gasteiger partial charge on any atom is 0.864 e. The SMILES string of the molecule is CCCOCCOc1ccc(OB(Oc2ccc(OCCOCCC)c(Cl)c2)Oc2ccc(OCCOCCC)c(Cl)c2)cc1Cl. The van der Waals surface area contributed by atoms with Gasteiger partial charge in [-0.3, -0.25) is 0 Å². The molecule has 0 heterocycles. The first-order chi connectivity index (χ1) is 22.4. The van der Waals surface area contributed by atoms with Crippen molar-refractivity contribution >= 4 is 42.1 Å². The van der Waals surface area contributed by atoms with Crippen LogP contribution in [0, 0.1) is 0 Å². The molecule has 0 atom stereocenters. The minimum atomic E-state index is -1.26. The lowest BCUT2D eigenvalue weighted by molar-refractivity contribution is 0.101. The Morgan fingerprint density at radius 2 is 0.739 bits per heavy atom. The van der Waals surface area contributed by atoms with E-state index in [1.54, 1.807) is 54.6 Å². The maximum atomic E-state index is 6.48. The smallest absolute Gasteiger partial charge is 0.490 e. The lowest BCUT2D eigenvalue weighted by Crippen LogP contribution is -2.37. The van der Waals surface area contributed by atoms with Crippen LogP contribution >= 0.6 is 34.8 Å². The number of ether oxygens (including phenoxy) is 6. The first kappa shape index (κ1) is 37.7. The van der Waals surface area contributed by atoms with Crippen molar-refractivity contribution in [3.8, 4) is 34.5 Å². The van der Waals surface area contributed by atoms with Gasteiger partial charge in [-0.05, 0) is 55.7 Å². The van der Waals surface area contributed by atoms with Crippen LogP contribution in [0.1, 0.15) is 40.0 Å². The van der Waals surface area contributed by atoms with Gasteiger partial charge in [0, 0.05) is 38.0 Å². The molecule has 0 N–H and O–H groups in total. The molecule has 0 aromatic heterocycles. The summed E-state index contributed by atoms with van der Waals surface area (Å²) in [6, 6.07) is 15.0. The van der Waals surface area contributed by atoms with Gasteiger partial charge in [-0.2, -0.15) is 0 Å². The van der Waals surface area contributed by atoms with Crippen molar-refractivity contribution in [3.63, 3.8) is 0 Å². The van der Waals surface area contributed by atoms with E-state index in [0.29, 0.717) is 109 Å². The number of rotatable bonds is 24. The molecule has 0 aliphatic carbocycles. The van der Waals surface area contributed by atoms with Crippen LogP contribution in [0.25, 0.3) is 0 Å². The van der Waals surface area contributed by atoms with Gasteiger partial charge in [-0.15, -0.1) is 0 Å². The van der Waals surface area contributed by atoms with Gasteiger partial charge in [0.2, 0.25) is 0 Å². The molecule has 0 radical (unpaired) electrons. The highest BCUT2D eigenvalue weighted by atomic mass is 35.5. The van der Waals surface area contributed by atoms with Crippen molar-refractivity contribution in [2.75, 3.05) is 59.5 Å². The molecule has 0 aliphatic heterocycles. The van der Waals surface area contributed by atoms with Crippen LogP contribution in [0.15, 0.2) is 54.6 Å². The molecule has 0 aliphatic rings. The molecule has 252 valence electrons. The van der Waals surface area contributed by atoms with E-state index < -0.39 is 7.32 Å². The fourth-order valence-corrected chi connectivity index (χ4v) is 4.47. The largest absolute Gasteiger partial charge is 0.864 e. The lowest BCUT2D eigenvalue weighted by atomic mass is 10.2. The normalized spacial score (nSPS) is 10.8. The number of benzene rings is 3. The molecule has 0 bridgehead atoms. The molecule has 0 amide bonds. The van der Waals surface area contributed by atoms with Gasteiger partial charge in [0.15, 0.2) is 0 Å². The monoisotopic (exact) mass is 698 g/mol. The second-order valence-corrected chi connectivity index (χ2v) is 11.0. The first-order valence-corrected chi connectivity index (χ1v) is 16.6. The van der Waals surface area contributed by atoms with E-state index in [0.717, 1.165) is 19.3 Å². The molecule has 46 heavy (non-hydrogen) atoms. The fraction of sp³-hybridized carbons (Fsp3) is 0.455. The predicted octanol–water partition coefficient (Wildman–Crippen LogP) is 8.58. The second kappa shape index (κ2) is 22.0. The zero-order valence-electron chi connectivity index (χ0n) is 26.6. The molecule has 13 heteroatoms. The fourth-order valence-electron chi connectivity index (χ4n) is 3.79. The van der Waals surface area contributed by atoms with Crippen LogP contribution in [-0.2, 0) is 14.2 Å². The van der Waals surface area contributed by atoms with E-state index >= 15 is 0 Å². The Balaban J connectivity index is 1.71. The third-order valence-electron chi connectivity index (χ3n) is 5.91. The summed E-state index contributed by atoms with van der Waals surface area (Å²) in [6.07, 6.45) is 2.82. The lowest BCUT2D eigenvalue weighted by Gasteiger charge is -2.18. The van der Waals surface area contributed by atoms with Crippen LogP contribution in [-0.4, -0.2) is 66.8 Å². The van der Waals surface area contributed by atoms with Crippen molar-refractivity contribution < 1.29 is 42.4 Å². The van der Waals surface area contributed by atoms with Crippen LogP contribution in [0.2, 0.25) is 15.1 Å². The summed E-state index contributed by atoms with van der Waals surface area (Å²) in [7, 11) is -1.26. The van der Waals surface area contributed by atoms with E-state index in [4.69, 9.17) is 77.2 Å². The molecule has 0 saturated carbocycles. The quantitative estimate of drug-likeness (QED) is 0.0675. The summed E-state index contributed by atoms with van der Waals surface area (Å²) < 4.78 is 51.8. The zero-order chi connectivity index (χ0) is 33.0. The molecule has 0 spiro atoms. The van der Waals surface area contributed by atoms with Gasteiger partial charge in [0.05, 0.1) is 34.9 Å². The third kappa shape index (κ3) is 14.0. The van der Waals surface area contributed by atoms with Gasteiger partial charge in [-0.25, -0.2) is 0 Å². The zero-order valence-corrected chi connectivity index (χ0v) is 28.8. The highest BCUT2D eigenvalue weighted by Crippen LogP contribution is 2.33. The van der Waals surface area contributed by atoms with Gasteiger partial charge in [-0.1, -0.05) is 55.6 Å². The Kier molecular flexibility index (Phi) is 18.0. The van der Waals surface area contributed by atoms with E-state index in [1.807, 2.05) is 20.8 Å². The summed E-state index contributed by atoms with van der Waals surface area (Å²) in [6.45, 7) is 10.7. The van der Waals surface area contributed by atoms with E-state index in [9.17, 15) is 0 Å². The minimum absolute atomic E-state index is 0.353. The molecule has 3 rings (SSSR count). The Labute approximate surface area is 287 Å².